The molecular formula is C21H26N10O14P2. The van der Waals surface area contributed by atoms with E-state index in [0.29, 0.717) is 4.57 Å². The molecule has 47 heavy (non-hydrogen) atoms. The van der Waals surface area contributed by atoms with Crippen LogP contribution in [0.5, 0.6) is 0 Å². The number of hydrogen-bond acceptors (Lipinski definition) is 18. The number of phosphoric acid groups is 2. The Morgan fingerprint density at radius 1 is 1.04 bits per heavy atom. The van der Waals surface area contributed by atoms with Crippen molar-refractivity contribution in [3.63, 3.8) is 0 Å². The number of aliphatic hydroxyl groups excluding tert-OH is 2. The lowest BCUT2D eigenvalue weighted by atomic mass is 10.1. The molecule has 0 aliphatic carbocycles. The normalized spacial score (nSPS) is 26.2. The van der Waals surface area contributed by atoms with E-state index in [1.807, 2.05) is 0 Å². The molecule has 0 fully saturated rings. The SMILES string of the molecule is COCC(O)(/C1=C/OP(=O)(O)O/C(C(O)[C@@H](C)n2cnc3c(=O)[nH]c(N)nc32)=C(/O)COP(=O)(O)O1)n1cnc2c(=O)[nH]c(N)nc21. The second-order valence-electron chi connectivity index (χ2n) is 9.74. The topological polar surface area (TPSA) is 361 Å². The number of rotatable bonds is 7. The Labute approximate surface area is 259 Å². The van der Waals surface area contributed by atoms with E-state index in [0.717, 1.165) is 24.3 Å². The van der Waals surface area contributed by atoms with Gasteiger partial charge in [-0.25, -0.2) is 19.1 Å². The van der Waals surface area contributed by atoms with Crippen LogP contribution in [0.1, 0.15) is 13.0 Å². The third kappa shape index (κ3) is 6.43. The maximum Gasteiger partial charge on any atom is 0.584 e. The second-order valence-corrected chi connectivity index (χ2v) is 12.4. The molecule has 11 N–H and O–H groups in total. The fraction of sp³-hybridized carbons (Fsp3) is 0.333. The van der Waals surface area contributed by atoms with Gasteiger partial charge in [0.25, 0.3) is 11.1 Å². The van der Waals surface area contributed by atoms with Gasteiger partial charge in [-0.15, -0.1) is 0 Å². The average molecular weight is 704 g/mol. The number of methoxy groups -OCH3 is 1. The monoisotopic (exact) mass is 704 g/mol. The zero-order valence-electron chi connectivity index (χ0n) is 23.9. The molecule has 1 aliphatic heterocycles. The van der Waals surface area contributed by atoms with Crippen LogP contribution < -0.4 is 22.6 Å². The third-order valence-corrected chi connectivity index (χ3v) is 8.23. The summed E-state index contributed by atoms with van der Waals surface area (Å²) in [7, 11) is -9.84. The highest BCUT2D eigenvalue weighted by Gasteiger charge is 2.45. The summed E-state index contributed by atoms with van der Waals surface area (Å²) in [4.78, 5) is 65.6. The first-order chi connectivity index (χ1) is 22.0. The number of nitrogens with zero attached hydrogens (tertiary/aromatic N) is 6. The van der Waals surface area contributed by atoms with Crippen LogP contribution in [0.3, 0.4) is 0 Å². The van der Waals surface area contributed by atoms with E-state index in [1.165, 1.54) is 6.92 Å². The van der Waals surface area contributed by atoms with Crippen molar-refractivity contribution < 1.29 is 57.1 Å². The molecule has 5 heterocycles. The molecule has 0 saturated heterocycles. The van der Waals surface area contributed by atoms with E-state index >= 15 is 0 Å². The zero-order chi connectivity index (χ0) is 34.5. The minimum atomic E-state index is -5.50. The number of fused-ring (bicyclic) bond motifs is 2. The third-order valence-electron chi connectivity index (χ3n) is 6.55. The Morgan fingerprint density at radius 2 is 1.64 bits per heavy atom. The highest BCUT2D eigenvalue weighted by molar-refractivity contribution is 7.48. The molecular weight excluding hydrogens is 678 g/mol. The van der Waals surface area contributed by atoms with Crippen molar-refractivity contribution in [3.05, 3.63) is 56.9 Å². The number of aliphatic hydroxyl groups is 3. The molecule has 5 atom stereocenters. The summed E-state index contributed by atoms with van der Waals surface area (Å²) >= 11 is 0. The van der Waals surface area contributed by atoms with Gasteiger partial charge in [-0.1, -0.05) is 0 Å². The fourth-order valence-corrected chi connectivity index (χ4v) is 5.87. The van der Waals surface area contributed by atoms with Gasteiger partial charge < -0.3 is 49.7 Å². The Bertz CT molecular complexity index is 2140. The second kappa shape index (κ2) is 12.1. The number of nitrogens with one attached hydrogen (secondary N) is 2. The van der Waals surface area contributed by atoms with Crippen LogP contribution in [0.25, 0.3) is 22.3 Å². The van der Waals surface area contributed by atoms with Crippen molar-refractivity contribution in [2.24, 2.45) is 0 Å². The predicted octanol–water partition coefficient (Wildman–Crippen LogP) is -1.48. The van der Waals surface area contributed by atoms with Gasteiger partial charge >= 0.3 is 15.6 Å². The number of imidazole rings is 2. The summed E-state index contributed by atoms with van der Waals surface area (Å²) in [6, 6.07) is -1.29. The Morgan fingerprint density at radius 3 is 2.28 bits per heavy atom. The lowest BCUT2D eigenvalue weighted by molar-refractivity contribution is -0.0877. The minimum Gasteiger partial charge on any atom is -0.506 e. The minimum absolute atomic E-state index is 0.127. The molecule has 4 aromatic rings. The molecule has 0 amide bonds. The van der Waals surface area contributed by atoms with Gasteiger partial charge in [0, 0.05) is 7.11 Å². The predicted molar refractivity (Wildman–Crippen MR) is 155 cm³/mol. The molecule has 5 rings (SSSR count). The van der Waals surface area contributed by atoms with Crippen molar-refractivity contribution >= 4 is 49.9 Å². The average Bonchev–Trinajstić information content (AvgIpc) is 3.61. The largest absolute Gasteiger partial charge is 0.584 e. The summed E-state index contributed by atoms with van der Waals surface area (Å²) < 4.78 is 52.6. The first-order valence-electron chi connectivity index (χ1n) is 12.8. The first kappa shape index (κ1) is 33.6. The van der Waals surface area contributed by atoms with E-state index in [9.17, 15) is 43.8 Å². The number of phosphoric ester groups is 2. The van der Waals surface area contributed by atoms with E-state index in [4.69, 9.17) is 34.3 Å². The molecule has 4 unspecified atom stereocenters. The zero-order valence-corrected chi connectivity index (χ0v) is 25.7. The van der Waals surface area contributed by atoms with Crippen LogP contribution in [-0.2, 0) is 37.7 Å². The Kier molecular flexibility index (Phi) is 8.64. The van der Waals surface area contributed by atoms with Gasteiger partial charge in [-0.2, -0.15) is 9.97 Å². The van der Waals surface area contributed by atoms with Gasteiger partial charge in [0.2, 0.25) is 17.6 Å². The van der Waals surface area contributed by atoms with E-state index < -0.39 is 86.7 Å². The number of ether oxygens (including phenoxy) is 1. The fourth-order valence-electron chi connectivity index (χ4n) is 4.36. The van der Waals surface area contributed by atoms with Gasteiger partial charge in [0.1, 0.15) is 31.9 Å². The van der Waals surface area contributed by atoms with Gasteiger partial charge in [0.05, 0.1) is 12.4 Å². The molecule has 26 heteroatoms. The number of hydrogen-bond donors (Lipinski definition) is 9. The van der Waals surface area contributed by atoms with E-state index in [1.54, 1.807) is 0 Å². The van der Waals surface area contributed by atoms with Gasteiger partial charge in [0.15, 0.2) is 39.6 Å². The number of aromatic amines is 2. The molecule has 0 radical (unpaired) electrons. The molecule has 1 aliphatic rings. The van der Waals surface area contributed by atoms with Gasteiger partial charge in [-0.3, -0.25) is 38.4 Å². The van der Waals surface area contributed by atoms with Crippen LogP contribution in [0, 0.1) is 0 Å². The summed E-state index contributed by atoms with van der Waals surface area (Å²) in [6.45, 7) is -0.864. The van der Waals surface area contributed by atoms with Crippen molar-refractivity contribution in [1.82, 2.24) is 39.0 Å². The summed E-state index contributed by atoms with van der Waals surface area (Å²) in [5.74, 6) is -4.15. The molecule has 24 nitrogen and oxygen atoms in total. The molecule has 0 aromatic carbocycles. The van der Waals surface area contributed by atoms with Crippen molar-refractivity contribution in [1.29, 1.82) is 0 Å². The Balaban J connectivity index is 1.56. The maximum absolute atomic E-state index is 13.1. The van der Waals surface area contributed by atoms with Crippen molar-refractivity contribution in [3.8, 4) is 0 Å². The highest BCUT2D eigenvalue weighted by atomic mass is 31.2. The molecule has 0 saturated carbocycles. The lowest BCUT2D eigenvalue weighted by Crippen LogP contribution is -2.41. The van der Waals surface area contributed by atoms with Crippen LogP contribution in [0.2, 0.25) is 0 Å². The number of anilines is 2. The number of nitrogens with two attached hydrogens (primary N) is 2. The lowest BCUT2D eigenvalue weighted by Gasteiger charge is -2.31. The standard InChI is InChI=1S/C21H26N10O14P2/c1-8(30-6-24-11-15(30)26-19(22)28-17(11)34)13(33)14-9(32)3-42-46(37,38)44-10(4-43-47(39,40)45-14)21(36,5-41-2)31-7-25-12-16(31)27-20(23)29-18(12)35/h4,6-8,13,32-33,36H,3,5H2,1-2H3,(H,37,38)(H,39,40)(H3,22,26,28,34)(H3,23,27,29,35)/b10-4-,14-9+/t8-,13?,21?/m1/s1. The Hall–Kier alpha value is -4.80. The van der Waals surface area contributed by atoms with E-state index in [-0.39, 0.29) is 28.9 Å². The summed E-state index contributed by atoms with van der Waals surface area (Å²) in [5, 5.41) is 33.6. The summed E-state index contributed by atoms with van der Waals surface area (Å²) in [5.41, 5.74) is 5.77. The number of H-pyrrole nitrogens is 2. The molecule has 4 aromatic heterocycles. The maximum atomic E-state index is 13.1. The van der Waals surface area contributed by atoms with Gasteiger partial charge in [-0.05, 0) is 6.92 Å². The van der Waals surface area contributed by atoms with Crippen LogP contribution in [0.15, 0.2) is 45.8 Å². The van der Waals surface area contributed by atoms with E-state index in [2.05, 4.69) is 29.9 Å². The van der Waals surface area contributed by atoms with Crippen molar-refractivity contribution in [2.45, 2.75) is 24.8 Å². The number of aromatic nitrogens is 8. The van der Waals surface area contributed by atoms with Crippen LogP contribution >= 0.6 is 15.6 Å². The van der Waals surface area contributed by atoms with Crippen molar-refractivity contribution in [2.75, 3.05) is 31.8 Å². The number of nitrogen functional groups attached to an aromatic ring is 2. The van der Waals surface area contributed by atoms with Crippen LogP contribution in [0.4, 0.5) is 11.9 Å². The first-order valence-corrected chi connectivity index (χ1v) is 15.8. The highest BCUT2D eigenvalue weighted by Crippen LogP contribution is 2.53. The molecule has 0 bridgehead atoms. The molecule has 0 spiro atoms. The quantitative estimate of drug-likeness (QED) is 0.0990. The smallest absolute Gasteiger partial charge is 0.506 e. The summed E-state index contributed by atoms with van der Waals surface area (Å²) in [6.07, 6.45) is 0.0274. The molecule has 254 valence electrons. The van der Waals surface area contributed by atoms with Crippen LogP contribution in [-0.4, -0.2) is 90.6 Å².